The van der Waals surface area contributed by atoms with Crippen LogP contribution in [0.2, 0.25) is 0 Å². The molecule has 1 heterocycles. The van der Waals surface area contributed by atoms with Crippen LogP contribution in [0.3, 0.4) is 0 Å². The summed E-state index contributed by atoms with van der Waals surface area (Å²) in [5.74, 6) is 0.952. The van der Waals surface area contributed by atoms with Crippen molar-refractivity contribution >= 4 is 11.8 Å². The number of aliphatic hydroxyl groups is 1. The highest BCUT2D eigenvalue weighted by Crippen LogP contribution is 2.18. The number of amides is 2. The number of aromatic nitrogens is 1. The number of hydrogen-bond donors (Lipinski definition) is 3. The first-order chi connectivity index (χ1) is 11.1. The van der Waals surface area contributed by atoms with Crippen LogP contribution < -0.4 is 15.5 Å². The topological polar surface area (TPSA) is 77.5 Å². The summed E-state index contributed by atoms with van der Waals surface area (Å²) in [5.41, 5.74) is 0.959. The second-order valence-electron chi connectivity index (χ2n) is 5.98. The molecule has 1 fully saturated rings. The fourth-order valence-electron chi connectivity index (χ4n) is 2.94. The average Bonchev–Trinajstić information content (AvgIpc) is 2.57. The average molecular weight is 320 g/mol. The summed E-state index contributed by atoms with van der Waals surface area (Å²) in [6, 6.07) is 3.60. The Morgan fingerprint density at radius 3 is 2.65 bits per heavy atom. The van der Waals surface area contributed by atoms with Crippen molar-refractivity contribution in [1.29, 1.82) is 0 Å². The number of hydrogen-bond acceptors (Lipinski definition) is 4. The second-order valence-corrected chi connectivity index (χ2v) is 5.98. The Morgan fingerprint density at radius 2 is 2.04 bits per heavy atom. The maximum absolute atomic E-state index is 11.9. The Morgan fingerprint density at radius 1 is 1.30 bits per heavy atom. The minimum absolute atomic E-state index is 0.132. The molecule has 6 heteroatoms. The summed E-state index contributed by atoms with van der Waals surface area (Å²) in [7, 11) is 0. The zero-order chi connectivity index (χ0) is 16.7. The van der Waals surface area contributed by atoms with Gasteiger partial charge in [-0.2, -0.15) is 0 Å². The highest BCUT2D eigenvalue weighted by atomic mass is 16.3. The molecule has 1 aliphatic rings. The molecule has 0 spiro atoms. The number of carbonyl (C=O) groups is 1. The summed E-state index contributed by atoms with van der Waals surface area (Å²) in [4.78, 5) is 18.6. The van der Waals surface area contributed by atoms with Gasteiger partial charge in [0.1, 0.15) is 5.82 Å². The molecule has 1 saturated carbocycles. The molecule has 2 rings (SSSR count). The van der Waals surface area contributed by atoms with Crippen LogP contribution in [0.5, 0.6) is 0 Å². The van der Waals surface area contributed by atoms with Gasteiger partial charge in [-0.1, -0.05) is 18.9 Å². The Labute approximate surface area is 138 Å². The molecule has 0 aliphatic heterocycles. The SMILES string of the molecule is CCN(CC)c1ccc(CNC(=O)NC2CCCCC2O)cn1. The van der Waals surface area contributed by atoms with E-state index in [1.165, 1.54) is 0 Å². The van der Waals surface area contributed by atoms with E-state index in [4.69, 9.17) is 0 Å². The maximum atomic E-state index is 11.9. The van der Waals surface area contributed by atoms with Gasteiger partial charge in [0.25, 0.3) is 0 Å². The number of anilines is 1. The lowest BCUT2D eigenvalue weighted by Gasteiger charge is -2.28. The summed E-state index contributed by atoms with van der Waals surface area (Å²) in [6.07, 6.45) is 5.06. The van der Waals surface area contributed by atoms with Crippen LogP contribution in [0.15, 0.2) is 18.3 Å². The lowest BCUT2D eigenvalue weighted by molar-refractivity contribution is 0.0943. The molecule has 2 amide bonds. The molecule has 0 radical (unpaired) electrons. The Balaban J connectivity index is 1.79. The van der Waals surface area contributed by atoms with Crippen LogP contribution in [0, 0.1) is 0 Å². The van der Waals surface area contributed by atoms with Crippen molar-refractivity contribution in [3.63, 3.8) is 0 Å². The van der Waals surface area contributed by atoms with Crippen molar-refractivity contribution in [2.75, 3.05) is 18.0 Å². The van der Waals surface area contributed by atoms with Crippen molar-refractivity contribution in [3.05, 3.63) is 23.9 Å². The molecule has 1 aromatic rings. The standard InChI is InChI=1S/C17H28N4O2/c1-3-21(4-2)16-10-9-13(11-18-16)12-19-17(23)20-14-7-5-6-8-15(14)22/h9-11,14-15,22H,3-8,12H2,1-2H3,(H2,19,20,23). The van der Waals surface area contributed by atoms with Gasteiger partial charge in [0.2, 0.25) is 0 Å². The van der Waals surface area contributed by atoms with Gasteiger partial charge in [-0.05, 0) is 38.3 Å². The van der Waals surface area contributed by atoms with Crippen molar-refractivity contribution in [1.82, 2.24) is 15.6 Å². The van der Waals surface area contributed by atoms with E-state index in [9.17, 15) is 9.90 Å². The monoisotopic (exact) mass is 320 g/mol. The van der Waals surface area contributed by atoms with E-state index < -0.39 is 6.10 Å². The van der Waals surface area contributed by atoms with Crippen LogP contribution >= 0.6 is 0 Å². The van der Waals surface area contributed by atoms with Crippen molar-refractivity contribution < 1.29 is 9.90 Å². The molecule has 0 aromatic carbocycles. The number of carbonyl (C=O) groups excluding carboxylic acids is 1. The normalized spacial score (nSPS) is 20.8. The molecule has 6 nitrogen and oxygen atoms in total. The van der Waals surface area contributed by atoms with Crippen LogP contribution in [0.25, 0.3) is 0 Å². The van der Waals surface area contributed by atoms with E-state index in [1.807, 2.05) is 12.1 Å². The van der Waals surface area contributed by atoms with Crippen LogP contribution in [0.1, 0.15) is 45.1 Å². The van der Waals surface area contributed by atoms with E-state index in [0.29, 0.717) is 6.54 Å². The molecule has 3 N–H and O–H groups in total. The molecular weight excluding hydrogens is 292 g/mol. The van der Waals surface area contributed by atoms with Crippen molar-refractivity contribution in [2.24, 2.45) is 0 Å². The summed E-state index contributed by atoms with van der Waals surface area (Å²) >= 11 is 0. The van der Waals surface area contributed by atoms with Gasteiger partial charge in [-0.25, -0.2) is 9.78 Å². The number of nitrogens with zero attached hydrogens (tertiary/aromatic N) is 2. The first-order valence-electron chi connectivity index (χ1n) is 8.56. The van der Waals surface area contributed by atoms with E-state index in [0.717, 1.165) is 50.2 Å². The van der Waals surface area contributed by atoms with Crippen LogP contribution in [-0.4, -0.2) is 41.4 Å². The first kappa shape index (κ1) is 17.5. The second kappa shape index (κ2) is 8.72. The third-order valence-electron chi connectivity index (χ3n) is 4.40. The largest absolute Gasteiger partial charge is 0.391 e. The number of pyridine rings is 1. The fraction of sp³-hybridized carbons (Fsp3) is 0.647. The lowest BCUT2D eigenvalue weighted by Crippen LogP contribution is -2.48. The zero-order valence-corrected chi connectivity index (χ0v) is 14.1. The fourth-order valence-corrected chi connectivity index (χ4v) is 2.94. The maximum Gasteiger partial charge on any atom is 0.315 e. The van der Waals surface area contributed by atoms with Gasteiger partial charge in [-0.15, -0.1) is 0 Å². The predicted molar refractivity (Wildman–Crippen MR) is 91.4 cm³/mol. The summed E-state index contributed by atoms with van der Waals surface area (Å²) in [5, 5.41) is 15.6. The zero-order valence-electron chi connectivity index (χ0n) is 14.1. The minimum Gasteiger partial charge on any atom is -0.391 e. The third kappa shape index (κ3) is 5.10. The molecule has 2 unspecified atom stereocenters. The van der Waals surface area contributed by atoms with E-state index in [-0.39, 0.29) is 12.1 Å². The smallest absolute Gasteiger partial charge is 0.315 e. The van der Waals surface area contributed by atoms with Crippen LogP contribution in [-0.2, 0) is 6.54 Å². The van der Waals surface area contributed by atoms with Crippen molar-refractivity contribution in [2.45, 2.75) is 58.2 Å². The van der Waals surface area contributed by atoms with Crippen molar-refractivity contribution in [3.8, 4) is 0 Å². The highest BCUT2D eigenvalue weighted by Gasteiger charge is 2.24. The third-order valence-corrected chi connectivity index (χ3v) is 4.40. The molecule has 0 bridgehead atoms. The molecule has 128 valence electrons. The first-order valence-corrected chi connectivity index (χ1v) is 8.56. The van der Waals surface area contributed by atoms with Gasteiger partial charge >= 0.3 is 6.03 Å². The molecule has 0 saturated heterocycles. The molecule has 1 aliphatic carbocycles. The van der Waals surface area contributed by atoms with Gasteiger partial charge in [0.15, 0.2) is 0 Å². The molecule has 1 aromatic heterocycles. The Bertz CT molecular complexity index is 488. The minimum atomic E-state index is -0.426. The molecule has 23 heavy (non-hydrogen) atoms. The number of rotatable bonds is 6. The summed E-state index contributed by atoms with van der Waals surface area (Å²) < 4.78 is 0. The molecule has 2 atom stereocenters. The highest BCUT2D eigenvalue weighted by molar-refractivity contribution is 5.74. The molecular formula is C17H28N4O2. The van der Waals surface area contributed by atoms with Gasteiger partial charge < -0.3 is 20.6 Å². The van der Waals surface area contributed by atoms with E-state index in [1.54, 1.807) is 6.20 Å². The quantitative estimate of drug-likeness (QED) is 0.749. The Hall–Kier alpha value is -1.82. The predicted octanol–water partition coefficient (Wildman–Crippen LogP) is 2.03. The number of aliphatic hydroxyl groups excluding tert-OH is 1. The van der Waals surface area contributed by atoms with Gasteiger partial charge in [-0.3, -0.25) is 0 Å². The van der Waals surface area contributed by atoms with E-state index in [2.05, 4.69) is 34.4 Å². The number of urea groups is 1. The van der Waals surface area contributed by atoms with Gasteiger partial charge in [0.05, 0.1) is 12.1 Å². The van der Waals surface area contributed by atoms with Gasteiger partial charge in [0, 0.05) is 25.8 Å². The van der Waals surface area contributed by atoms with E-state index >= 15 is 0 Å². The summed E-state index contributed by atoms with van der Waals surface area (Å²) in [6.45, 7) is 6.48. The van der Waals surface area contributed by atoms with Crippen LogP contribution in [0.4, 0.5) is 10.6 Å². The Kier molecular flexibility index (Phi) is 6.65. The number of nitrogens with one attached hydrogen (secondary N) is 2. The lowest BCUT2D eigenvalue weighted by atomic mass is 9.93.